The average Bonchev–Trinajstić information content (AvgIpc) is 3.17. The van der Waals surface area contributed by atoms with E-state index in [1.807, 2.05) is 0 Å². The molecule has 10 heteroatoms. The molecule has 0 saturated carbocycles. The standard InChI is InChI=1S/C21H23N3O5.C2H4O2/c1-3-17(25)13-7-8-18(19(10-13)27-2)28-12-16-11-24(21(26)29-16)15-6-4-5-14(9-15)20(22)23;1-2(3)4/h4-10,16H,3,11-12H2,1-2H3,(H3,22,23);1H3,(H,3,4). The van der Waals surface area contributed by atoms with E-state index < -0.39 is 18.2 Å². The zero-order valence-corrected chi connectivity index (χ0v) is 18.7. The number of methoxy groups -OCH3 is 1. The minimum absolute atomic E-state index is 0.0167. The number of anilines is 1. The number of amidine groups is 1. The number of hydrogen-bond acceptors (Lipinski definition) is 7. The molecule has 1 amide bonds. The summed E-state index contributed by atoms with van der Waals surface area (Å²) in [6.45, 7) is 3.31. The van der Waals surface area contributed by atoms with E-state index in [4.69, 9.17) is 35.3 Å². The summed E-state index contributed by atoms with van der Waals surface area (Å²) >= 11 is 0. The summed E-state index contributed by atoms with van der Waals surface area (Å²) in [5.74, 6) is 0.0206. The van der Waals surface area contributed by atoms with Crippen LogP contribution in [-0.2, 0) is 9.53 Å². The molecular weight excluding hydrogens is 430 g/mol. The van der Waals surface area contributed by atoms with Crippen molar-refractivity contribution in [3.63, 3.8) is 0 Å². The van der Waals surface area contributed by atoms with Crippen LogP contribution in [0.15, 0.2) is 42.5 Å². The zero-order valence-electron chi connectivity index (χ0n) is 18.7. The fourth-order valence-corrected chi connectivity index (χ4v) is 3.01. The average molecular weight is 457 g/mol. The highest BCUT2D eigenvalue weighted by Gasteiger charge is 2.33. The Hall–Kier alpha value is -4.08. The highest BCUT2D eigenvalue weighted by atomic mass is 16.6. The van der Waals surface area contributed by atoms with Crippen LogP contribution in [0.1, 0.15) is 36.2 Å². The highest BCUT2D eigenvalue weighted by molar-refractivity contribution is 5.98. The van der Waals surface area contributed by atoms with E-state index in [0.717, 1.165) is 6.92 Å². The molecule has 4 N–H and O–H groups in total. The molecule has 2 aromatic rings. The summed E-state index contributed by atoms with van der Waals surface area (Å²) < 4.78 is 16.5. The number of ketones is 1. The van der Waals surface area contributed by atoms with Crippen LogP contribution in [0, 0.1) is 5.41 Å². The molecule has 2 aromatic carbocycles. The molecule has 176 valence electrons. The molecule has 1 heterocycles. The van der Waals surface area contributed by atoms with Gasteiger partial charge in [-0.3, -0.25) is 19.9 Å². The van der Waals surface area contributed by atoms with E-state index in [9.17, 15) is 9.59 Å². The number of cyclic esters (lactones) is 1. The maximum atomic E-state index is 12.3. The van der Waals surface area contributed by atoms with Crippen molar-refractivity contribution in [3.05, 3.63) is 53.6 Å². The van der Waals surface area contributed by atoms with Crippen molar-refractivity contribution in [2.24, 2.45) is 5.73 Å². The molecule has 0 aromatic heterocycles. The number of rotatable bonds is 8. The van der Waals surface area contributed by atoms with E-state index in [-0.39, 0.29) is 18.2 Å². The van der Waals surface area contributed by atoms with Crippen LogP contribution in [0.3, 0.4) is 0 Å². The topological polar surface area (TPSA) is 152 Å². The second-order valence-corrected chi connectivity index (χ2v) is 7.05. The Labute approximate surface area is 191 Å². The first kappa shape index (κ1) is 25.2. The summed E-state index contributed by atoms with van der Waals surface area (Å²) in [5, 5.41) is 15.0. The van der Waals surface area contributed by atoms with E-state index in [1.54, 1.807) is 49.4 Å². The third-order valence-electron chi connectivity index (χ3n) is 4.57. The molecule has 1 atom stereocenters. The van der Waals surface area contributed by atoms with Gasteiger partial charge in [0.05, 0.1) is 13.7 Å². The number of carbonyl (C=O) groups is 3. The summed E-state index contributed by atoms with van der Waals surface area (Å²) in [6.07, 6.45) is -0.567. The molecule has 0 radical (unpaired) electrons. The van der Waals surface area contributed by atoms with E-state index in [2.05, 4.69) is 0 Å². The lowest BCUT2D eigenvalue weighted by molar-refractivity contribution is -0.134. The molecule has 3 rings (SSSR count). The van der Waals surface area contributed by atoms with Gasteiger partial charge in [-0.15, -0.1) is 0 Å². The van der Waals surface area contributed by atoms with Crippen molar-refractivity contribution in [3.8, 4) is 11.5 Å². The van der Waals surface area contributed by atoms with Crippen molar-refractivity contribution in [2.45, 2.75) is 26.4 Å². The second-order valence-electron chi connectivity index (χ2n) is 7.05. The number of hydrogen-bond donors (Lipinski definition) is 3. The minimum atomic E-state index is -0.833. The number of ether oxygens (including phenoxy) is 3. The molecule has 0 spiro atoms. The first-order chi connectivity index (χ1) is 15.7. The van der Waals surface area contributed by atoms with Crippen molar-refractivity contribution in [2.75, 3.05) is 25.2 Å². The molecule has 1 fully saturated rings. The monoisotopic (exact) mass is 457 g/mol. The Morgan fingerprint density at radius 2 is 1.91 bits per heavy atom. The molecule has 0 aliphatic carbocycles. The molecule has 0 bridgehead atoms. The summed E-state index contributed by atoms with van der Waals surface area (Å²) in [4.78, 5) is 34.6. The zero-order chi connectivity index (χ0) is 24.5. The van der Waals surface area contributed by atoms with Gasteiger partial charge in [-0.25, -0.2) is 4.79 Å². The predicted molar refractivity (Wildman–Crippen MR) is 121 cm³/mol. The molecule has 1 unspecified atom stereocenters. The smallest absolute Gasteiger partial charge is 0.414 e. The number of carboxylic acids is 1. The number of nitrogens with one attached hydrogen (secondary N) is 1. The fraction of sp³-hybridized carbons (Fsp3) is 0.304. The Kier molecular flexibility index (Phi) is 8.79. The number of nitrogen functional groups attached to an aromatic ring is 1. The van der Waals surface area contributed by atoms with Crippen LogP contribution in [0.4, 0.5) is 10.5 Å². The number of aliphatic carboxylic acids is 1. The molecule has 1 saturated heterocycles. The maximum Gasteiger partial charge on any atom is 0.414 e. The van der Waals surface area contributed by atoms with Crippen LogP contribution < -0.4 is 20.1 Å². The Morgan fingerprint density at radius 1 is 1.21 bits per heavy atom. The minimum Gasteiger partial charge on any atom is -0.493 e. The quantitative estimate of drug-likeness (QED) is 0.311. The van der Waals surface area contributed by atoms with Crippen LogP contribution in [-0.4, -0.2) is 55.2 Å². The second kappa shape index (κ2) is 11.5. The van der Waals surface area contributed by atoms with E-state index >= 15 is 0 Å². The Bertz CT molecular complexity index is 1030. The predicted octanol–water partition coefficient (Wildman–Crippen LogP) is 3.07. The van der Waals surface area contributed by atoms with Crippen LogP contribution in [0.25, 0.3) is 0 Å². The third kappa shape index (κ3) is 6.96. The van der Waals surface area contributed by atoms with Gasteiger partial charge in [0, 0.05) is 30.2 Å². The lowest BCUT2D eigenvalue weighted by atomic mass is 10.1. The first-order valence-electron chi connectivity index (χ1n) is 10.1. The summed E-state index contributed by atoms with van der Waals surface area (Å²) in [5.41, 5.74) is 7.20. The van der Waals surface area contributed by atoms with Gasteiger partial charge in [0.15, 0.2) is 23.4 Å². The fourth-order valence-electron chi connectivity index (χ4n) is 3.01. The number of carboxylic acid groups (broad SMARTS) is 1. The molecule has 1 aliphatic rings. The maximum absolute atomic E-state index is 12.3. The van der Waals surface area contributed by atoms with Crippen molar-refractivity contribution < 1.29 is 33.7 Å². The summed E-state index contributed by atoms with van der Waals surface area (Å²) in [6, 6.07) is 11.8. The number of nitrogens with zero attached hydrogens (tertiary/aromatic N) is 1. The molecule has 1 aliphatic heterocycles. The van der Waals surface area contributed by atoms with Crippen LogP contribution in [0.2, 0.25) is 0 Å². The number of amides is 1. The van der Waals surface area contributed by atoms with Gasteiger partial charge in [0.25, 0.3) is 5.97 Å². The lowest BCUT2D eigenvalue weighted by Gasteiger charge is -2.15. The third-order valence-corrected chi connectivity index (χ3v) is 4.57. The van der Waals surface area contributed by atoms with E-state index in [1.165, 1.54) is 12.0 Å². The number of nitrogens with two attached hydrogens (primary N) is 1. The van der Waals surface area contributed by atoms with Gasteiger partial charge in [0.1, 0.15) is 12.4 Å². The van der Waals surface area contributed by atoms with Gasteiger partial charge in [-0.2, -0.15) is 0 Å². The molecule has 10 nitrogen and oxygen atoms in total. The van der Waals surface area contributed by atoms with Crippen molar-refractivity contribution >= 4 is 29.4 Å². The van der Waals surface area contributed by atoms with Crippen LogP contribution in [0.5, 0.6) is 11.5 Å². The van der Waals surface area contributed by atoms with Crippen molar-refractivity contribution in [1.29, 1.82) is 5.41 Å². The van der Waals surface area contributed by atoms with Gasteiger partial charge < -0.3 is 25.1 Å². The number of benzene rings is 2. The van der Waals surface area contributed by atoms with Gasteiger partial charge in [0.2, 0.25) is 0 Å². The largest absolute Gasteiger partial charge is 0.493 e. The molecule has 33 heavy (non-hydrogen) atoms. The highest BCUT2D eigenvalue weighted by Crippen LogP contribution is 2.30. The van der Waals surface area contributed by atoms with Gasteiger partial charge in [-0.05, 0) is 30.3 Å². The Balaban J connectivity index is 0.000000890. The van der Waals surface area contributed by atoms with Gasteiger partial charge in [-0.1, -0.05) is 19.1 Å². The molecular formula is C23H27N3O7. The Morgan fingerprint density at radius 3 is 2.52 bits per heavy atom. The first-order valence-corrected chi connectivity index (χ1v) is 10.1. The summed E-state index contributed by atoms with van der Waals surface area (Å²) in [7, 11) is 1.50. The SMILES string of the molecule is CC(=O)O.CCC(=O)c1ccc(OCC2CN(c3cccc(C(=N)N)c3)C(=O)O2)c(OC)c1. The van der Waals surface area contributed by atoms with Crippen molar-refractivity contribution in [1.82, 2.24) is 0 Å². The lowest BCUT2D eigenvalue weighted by Crippen LogP contribution is -2.27. The van der Waals surface area contributed by atoms with Crippen LogP contribution >= 0.6 is 0 Å². The number of carbonyl (C=O) groups excluding carboxylic acids is 2. The normalized spacial score (nSPS) is 14.6. The number of Topliss-reactive ketones (excluding diaryl/α,β-unsaturated/α-hetero) is 1. The van der Waals surface area contributed by atoms with Gasteiger partial charge >= 0.3 is 6.09 Å². The van der Waals surface area contributed by atoms with E-state index in [0.29, 0.717) is 41.3 Å².